The van der Waals surface area contributed by atoms with Gasteiger partial charge in [-0.15, -0.1) is 0 Å². The maximum atomic E-state index is 13.1. The molecule has 6 atom stereocenters. The summed E-state index contributed by atoms with van der Waals surface area (Å²) in [5.41, 5.74) is 0. The van der Waals surface area contributed by atoms with Crippen molar-refractivity contribution >= 4 is 39.5 Å². The van der Waals surface area contributed by atoms with E-state index in [0.717, 1.165) is 108 Å². The van der Waals surface area contributed by atoms with Crippen LogP contribution in [0, 0.1) is 11.8 Å². The van der Waals surface area contributed by atoms with E-state index in [9.17, 15) is 43.2 Å². The number of unbranched alkanes of at least 4 members (excludes halogenated alkanes) is 46. The van der Waals surface area contributed by atoms with Crippen molar-refractivity contribution in [2.45, 2.75) is 426 Å². The fourth-order valence-electron chi connectivity index (χ4n) is 12.0. The summed E-state index contributed by atoms with van der Waals surface area (Å²) in [6, 6.07) is 0. The Morgan fingerprint density at radius 2 is 0.526 bits per heavy atom. The Hall–Kier alpha value is -1.94. The van der Waals surface area contributed by atoms with Gasteiger partial charge in [0.25, 0.3) is 0 Å². The molecular formula is C78H152O17P2. The van der Waals surface area contributed by atoms with Crippen molar-refractivity contribution in [2.75, 3.05) is 39.6 Å². The summed E-state index contributed by atoms with van der Waals surface area (Å²) in [5.74, 6) is -0.586. The maximum Gasteiger partial charge on any atom is 0.472 e. The molecule has 0 rings (SSSR count). The van der Waals surface area contributed by atoms with Crippen LogP contribution in [0.15, 0.2) is 0 Å². The van der Waals surface area contributed by atoms with E-state index in [2.05, 4.69) is 41.5 Å². The molecule has 0 spiro atoms. The van der Waals surface area contributed by atoms with E-state index in [-0.39, 0.29) is 25.7 Å². The number of phosphoric acid groups is 2. The summed E-state index contributed by atoms with van der Waals surface area (Å²) in [7, 11) is -9.91. The first kappa shape index (κ1) is 95.1. The molecule has 0 heterocycles. The van der Waals surface area contributed by atoms with Gasteiger partial charge in [0.05, 0.1) is 26.4 Å². The molecule has 17 nitrogen and oxygen atoms in total. The average Bonchev–Trinajstić information content (AvgIpc) is 1.29. The Kier molecular flexibility index (Phi) is 68.4. The number of phosphoric ester groups is 2. The minimum absolute atomic E-state index is 0.107. The van der Waals surface area contributed by atoms with Crippen LogP contribution >= 0.6 is 15.6 Å². The summed E-state index contributed by atoms with van der Waals surface area (Å²) in [6.45, 7) is 9.60. The zero-order valence-corrected chi connectivity index (χ0v) is 65.2. The first-order chi connectivity index (χ1) is 46.9. The molecule has 0 aliphatic carbocycles. The SMILES string of the molecule is CCCCCCCCCCCCCCCCCCCC(=O)OC[C@H](COP(=O)(O)OC[C@@H](O)COP(=O)(O)OC[C@@H](COC(=O)CCCCCCCCC(C)CC)OC(=O)CCCCCCCCCCCCCCC)OC(=O)CCCCCCCCCCCCCCCCC(C)C. The van der Waals surface area contributed by atoms with Crippen molar-refractivity contribution < 1.29 is 80.2 Å². The van der Waals surface area contributed by atoms with Gasteiger partial charge in [-0.25, -0.2) is 9.13 Å². The van der Waals surface area contributed by atoms with Crippen LogP contribution in [0.4, 0.5) is 0 Å². The average molecular weight is 1420 g/mol. The monoisotopic (exact) mass is 1420 g/mol. The highest BCUT2D eigenvalue weighted by atomic mass is 31.2. The standard InChI is InChI=1S/C78H152O17P2/c1-7-10-12-14-16-18-20-22-23-24-25-30-33-37-41-48-54-60-75(80)88-66-73(94-77(82)63-57-51-43-39-35-31-27-26-29-32-36-40-46-52-58-70(4)5)68-92-96(84,85)90-64-72(79)65-91-97(86,87)93-69-74(67-89-76(81)61-55-49-45-44-47-53-59-71(6)9-3)95-78(83)62-56-50-42-38-34-28-21-19-17-15-13-11-8-2/h70-74,79H,7-69H2,1-6H3,(H,84,85)(H,86,87)/t71?,72-,73-,74-/m1/s1. The molecule has 19 heteroatoms. The molecule has 576 valence electrons. The third kappa shape index (κ3) is 70.9. The van der Waals surface area contributed by atoms with Crippen molar-refractivity contribution in [1.82, 2.24) is 0 Å². The largest absolute Gasteiger partial charge is 0.472 e. The number of aliphatic hydroxyl groups excluding tert-OH is 1. The quantitative estimate of drug-likeness (QED) is 0.0222. The molecule has 97 heavy (non-hydrogen) atoms. The van der Waals surface area contributed by atoms with Crippen LogP contribution in [-0.2, 0) is 65.4 Å². The lowest BCUT2D eigenvalue weighted by Gasteiger charge is -2.21. The minimum Gasteiger partial charge on any atom is -0.462 e. The van der Waals surface area contributed by atoms with E-state index in [1.165, 1.54) is 218 Å². The van der Waals surface area contributed by atoms with E-state index >= 15 is 0 Å². The van der Waals surface area contributed by atoms with Gasteiger partial charge in [0.1, 0.15) is 19.3 Å². The van der Waals surface area contributed by atoms with Crippen LogP contribution in [0.5, 0.6) is 0 Å². The highest BCUT2D eigenvalue weighted by molar-refractivity contribution is 7.47. The molecule has 0 bridgehead atoms. The Morgan fingerprint density at radius 1 is 0.299 bits per heavy atom. The number of hydrogen-bond acceptors (Lipinski definition) is 15. The summed E-state index contributed by atoms with van der Waals surface area (Å²) < 4.78 is 68.6. The second-order valence-corrected chi connectivity index (χ2v) is 31.7. The van der Waals surface area contributed by atoms with Gasteiger partial charge in [-0.2, -0.15) is 0 Å². The van der Waals surface area contributed by atoms with Crippen LogP contribution in [0.2, 0.25) is 0 Å². The summed E-state index contributed by atoms with van der Waals surface area (Å²) in [4.78, 5) is 72.9. The molecule has 0 fully saturated rings. The maximum absolute atomic E-state index is 13.1. The van der Waals surface area contributed by atoms with Crippen molar-refractivity contribution in [2.24, 2.45) is 11.8 Å². The molecule has 0 aromatic carbocycles. The molecule has 0 saturated heterocycles. The smallest absolute Gasteiger partial charge is 0.462 e. The van der Waals surface area contributed by atoms with Crippen molar-refractivity contribution in [3.8, 4) is 0 Å². The molecule has 3 unspecified atom stereocenters. The van der Waals surface area contributed by atoms with Gasteiger partial charge < -0.3 is 33.8 Å². The molecule has 3 N–H and O–H groups in total. The minimum atomic E-state index is -4.96. The van der Waals surface area contributed by atoms with E-state index in [0.29, 0.717) is 25.7 Å². The van der Waals surface area contributed by atoms with Gasteiger partial charge in [0.15, 0.2) is 12.2 Å². The number of rotatable bonds is 77. The Balaban J connectivity index is 5.25. The van der Waals surface area contributed by atoms with E-state index in [1.807, 2.05) is 0 Å². The van der Waals surface area contributed by atoms with Crippen LogP contribution in [0.25, 0.3) is 0 Å². The third-order valence-corrected chi connectivity index (χ3v) is 20.5. The summed E-state index contributed by atoms with van der Waals surface area (Å²) >= 11 is 0. The second kappa shape index (κ2) is 69.8. The predicted octanol–water partition coefficient (Wildman–Crippen LogP) is 23.1. The third-order valence-electron chi connectivity index (χ3n) is 18.6. The Morgan fingerprint density at radius 3 is 0.784 bits per heavy atom. The molecule has 0 radical (unpaired) electrons. The van der Waals surface area contributed by atoms with Gasteiger partial charge in [-0.05, 0) is 37.5 Å². The lowest BCUT2D eigenvalue weighted by atomic mass is 10.00. The van der Waals surface area contributed by atoms with Crippen LogP contribution < -0.4 is 0 Å². The summed E-state index contributed by atoms with van der Waals surface area (Å²) in [6.07, 6.45) is 58.2. The predicted molar refractivity (Wildman–Crippen MR) is 395 cm³/mol. The molecule has 0 aromatic rings. The number of aliphatic hydroxyl groups is 1. The Bertz CT molecular complexity index is 1870. The zero-order chi connectivity index (χ0) is 71.4. The van der Waals surface area contributed by atoms with Gasteiger partial charge >= 0.3 is 39.5 Å². The van der Waals surface area contributed by atoms with Crippen molar-refractivity contribution in [3.05, 3.63) is 0 Å². The second-order valence-electron chi connectivity index (χ2n) is 28.8. The number of carbonyl (C=O) groups excluding carboxylic acids is 4. The van der Waals surface area contributed by atoms with Gasteiger partial charge in [-0.1, -0.05) is 356 Å². The lowest BCUT2D eigenvalue weighted by molar-refractivity contribution is -0.161. The van der Waals surface area contributed by atoms with E-state index in [4.69, 9.17) is 37.0 Å². The van der Waals surface area contributed by atoms with E-state index < -0.39 is 97.5 Å². The molecule has 0 amide bonds. The van der Waals surface area contributed by atoms with Gasteiger partial charge in [0.2, 0.25) is 0 Å². The molecular weight excluding hydrogens is 1270 g/mol. The molecule has 0 aromatic heterocycles. The lowest BCUT2D eigenvalue weighted by Crippen LogP contribution is -2.30. The fourth-order valence-corrected chi connectivity index (χ4v) is 13.6. The highest BCUT2D eigenvalue weighted by Crippen LogP contribution is 2.45. The van der Waals surface area contributed by atoms with Gasteiger partial charge in [-0.3, -0.25) is 37.3 Å². The Labute approximate surface area is 594 Å². The van der Waals surface area contributed by atoms with E-state index in [1.54, 1.807) is 0 Å². The van der Waals surface area contributed by atoms with Crippen molar-refractivity contribution in [1.29, 1.82) is 0 Å². The number of hydrogen-bond donors (Lipinski definition) is 3. The number of carbonyl (C=O) groups is 4. The van der Waals surface area contributed by atoms with Gasteiger partial charge in [0, 0.05) is 25.7 Å². The molecule has 0 aliphatic heterocycles. The summed E-state index contributed by atoms with van der Waals surface area (Å²) in [5, 5.41) is 10.6. The van der Waals surface area contributed by atoms with Crippen LogP contribution in [0.1, 0.15) is 408 Å². The van der Waals surface area contributed by atoms with Crippen LogP contribution in [-0.4, -0.2) is 96.7 Å². The fraction of sp³-hybridized carbons (Fsp3) is 0.949. The molecule has 0 saturated carbocycles. The number of esters is 4. The number of ether oxygens (including phenoxy) is 4. The van der Waals surface area contributed by atoms with Crippen molar-refractivity contribution in [3.63, 3.8) is 0 Å². The zero-order valence-electron chi connectivity index (χ0n) is 63.4. The highest BCUT2D eigenvalue weighted by Gasteiger charge is 2.30. The normalized spacial score (nSPS) is 14.2. The molecule has 0 aliphatic rings. The van der Waals surface area contributed by atoms with Crippen LogP contribution in [0.3, 0.4) is 0 Å². The first-order valence-electron chi connectivity index (χ1n) is 40.5. The topological polar surface area (TPSA) is 237 Å². The first-order valence-corrected chi connectivity index (χ1v) is 43.5.